The van der Waals surface area contributed by atoms with Gasteiger partial charge in [0.2, 0.25) is 0 Å². The fourth-order valence-corrected chi connectivity index (χ4v) is 7.58. The first-order valence-electron chi connectivity index (χ1n) is 13.6. The minimum absolute atomic E-state index is 0.126. The zero-order valence-corrected chi connectivity index (χ0v) is 24.2. The van der Waals surface area contributed by atoms with Gasteiger partial charge in [-0.3, -0.25) is 9.59 Å². The third-order valence-electron chi connectivity index (χ3n) is 9.09. The normalized spacial score (nSPS) is 24.7. The molecule has 0 spiro atoms. The molecule has 1 aromatic carbocycles. The number of H-pyrrole nitrogens is 1. The smallest absolute Gasteiger partial charge is 0.254 e. The van der Waals surface area contributed by atoms with Crippen molar-refractivity contribution in [1.29, 1.82) is 5.26 Å². The summed E-state index contributed by atoms with van der Waals surface area (Å²) in [5, 5.41) is 10.3. The van der Waals surface area contributed by atoms with Gasteiger partial charge >= 0.3 is 0 Å². The number of pyridine rings is 1. The van der Waals surface area contributed by atoms with Crippen molar-refractivity contribution in [2.24, 2.45) is 5.92 Å². The molecule has 1 aromatic heterocycles. The van der Waals surface area contributed by atoms with E-state index in [0.717, 1.165) is 58.7 Å². The van der Waals surface area contributed by atoms with Crippen LogP contribution in [0.1, 0.15) is 76.5 Å². The predicted octanol–water partition coefficient (Wildman–Crippen LogP) is 4.60. The highest BCUT2D eigenvalue weighted by atomic mass is 32.2. The van der Waals surface area contributed by atoms with Crippen molar-refractivity contribution in [2.45, 2.75) is 82.4 Å². The summed E-state index contributed by atoms with van der Waals surface area (Å²) in [5.41, 5.74) is 4.75. The first kappa shape index (κ1) is 26.8. The average Bonchev–Trinajstić information content (AvgIpc) is 3.25. The number of fused-ring (bicyclic) bond motifs is 2. The highest BCUT2D eigenvalue weighted by Crippen LogP contribution is 2.49. The first-order valence-corrected chi connectivity index (χ1v) is 14.8. The highest BCUT2D eigenvalue weighted by Gasteiger charge is 2.47. The molecule has 8 heteroatoms. The lowest BCUT2D eigenvalue weighted by atomic mass is 9.73. The fraction of sp³-hybridized carbons (Fsp3) is 0.567. The zero-order valence-electron chi connectivity index (χ0n) is 23.4. The van der Waals surface area contributed by atoms with Crippen LogP contribution in [0.25, 0.3) is 0 Å². The molecule has 1 N–H and O–H groups in total. The van der Waals surface area contributed by atoms with E-state index in [1.807, 2.05) is 26.2 Å². The number of carbonyl (C=O) groups excluding carboxylic acids is 1. The van der Waals surface area contributed by atoms with Crippen LogP contribution in [0.5, 0.6) is 5.75 Å². The van der Waals surface area contributed by atoms with Gasteiger partial charge in [0, 0.05) is 40.7 Å². The molecule has 0 saturated heterocycles. The lowest BCUT2D eigenvalue weighted by molar-refractivity contribution is 0.0157. The summed E-state index contributed by atoms with van der Waals surface area (Å²) in [6, 6.07) is 5.01. The molecule has 3 heterocycles. The number of thioether (sulfide) groups is 1. The van der Waals surface area contributed by atoms with Gasteiger partial charge in [-0.15, -0.1) is 11.8 Å². The maximum atomic E-state index is 13.9. The Labute approximate surface area is 229 Å². The number of nitrogens with one attached hydrogen (secondary N) is 1. The summed E-state index contributed by atoms with van der Waals surface area (Å²) in [6.07, 6.45) is 7.76. The van der Waals surface area contributed by atoms with Gasteiger partial charge in [0.05, 0.1) is 29.3 Å². The standard InChI is InChI=1S/C30H38N4O3S/c1-17-13-25(38-6)24(28(35)32-17)16-34-12-11-21-23(15-31)22-14-30(3,19-7-9-20(10-8-19)33(4)5)37-27(22)18(2)26(21)29(34)36/h13,19-20H,7-12,14,16H2,1-6H3,(H,32,35)/t19?,20?,30-/m1/s1. The molecule has 3 aliphatic rings. The van der Waals surface area contributed by atoms with E-state index in [0.29, 0.717) is 48.0 Å². The number of hydrogen-bond acceptors (Lipinski definition) is 6. The Hall–Kier alpha value is -2.76. The van der Waals surface area contributed by atoms with Crippen LogP contribution in [0, 0.1) is 31.1 Å². The van der Waals surface area contributed by atoms with Crippen molar-refractivity contribution in [3.63, 3.8) is 0 Å². The Balaban J connectivity index is 1.47. The van der Waals surface area contributed by atoms with Crippen molar-refractivity contribution >= 4 is 17.7 Å². The molecule has 1 saturated carbocycles. The number of carbonyl (C=O) groups is 1. The maximum Gasteiger partial charge on any atom is 0.254 e. The van der Waals surface area contributed by atoms with Gasteiger partial charge in [0.15, 0.2) is 0 Å². The largest absolute Gasteiger partial charge is 0.486 e. The zero-order chi connectivity index (χ0) is 27.4. The van der Waals surface area contributed by atoms with Crippen LogP contribution in [-0.2, 0) is 19.4 Å². The monoisotopic (exact) mass is 534 g/mol. The molecule has 1 aliphatic carbocycles. The number of ether oxygens (including phenoxy) is 1. The minimum Gasteiger partial charge on any atom is -0.486 e. The fourth-order valence-electron chi connectivity index (χ4n) is 6.89. The number of rotatable bonds is 5. The van der Waals surface area contributed by atoms with E-state index in [9.17, 15) is 14.9 Å². The van der Waals surface area contributed by atoms with Crippen LogP contribution in [0.4, 0.5) is 0 Å². The van der Waals surface area contributed by atoms with E-state index in [4.69, 9.17) is 4.74 Å². The molecule has 2 aliphatic heterocycles. The molecule has 0 unspecified atom stereocenters. The lowest BCUT2D eigenvalue weighted by Gasteiger charge is -2.40. The summed E-state index contributed by atoms with van der Waals surface area (Å²) in [7, 11) is 4.30. The Morgan fingerprint density at radius 2 is 1.92 bits per heavy atom. The number of benzene rings is 1. The molecule has 7 nitrogen and oxygen atoms in total. The van der Waals surface area contributed by atoms with Crippen molar-refractivity contribution in [3.05, 3.63) is 55.5 Å². The Bertz CT molecular complexity index is 1380. The van der Waals surface area contributed by atoms with Gasteiger partial charge in [0.1, 0.15) is 11.4 Å². The third kappa shape index (κ3) is 4.44. The van der Waals surface area contributed by atoms with E-state index in [2.05, 4.69) is 37.0 Å². The number of aromatic amines is 1. The van der Waals surface area contributed by atoms with Gasteiger partial charge in [-0.05, 0) is 90.8 Å². The Morgan fingerprint density at radius 1 is 1.21 bits per heavy atom. The second-order valence-corrected chi connectivity index (χ2v) is 12.5. The number of aromatic nitrogens is 1. The number of amides is 1. The molecule has 2 aromatic rings. The van der Waals surface area contributed by atoms with Crippen molar-refractivity contribution in [2.75, 3.05) is 26.9 Å². The molecule has 202 valence electrons. The van der Waals surface area contributed by atoms with Gasteiger partial charge in [-0.2, -0.15) is 5.26 Å². The average molecular weight is 535 g/mol. The van der Waals surface area contributed by atoms with E-state index >= 15 is 0 Å². The minimum atomic E-state index is -0.370. The molecule has 1 atom stereocenters. The van der Waals surface area contributed by atoms with Gasteiger partial charge in [-0.25, -0.2) is 0 Å². The van der Waals surface area contributed by atoms with E-state index < -0.39 is 0 Å². The Kier molecular flexibility index (Phi) is 7.12. The molecule has 1 fully saturated rings. The number of hydrogen-bond donors (Lipinski definition) is 1. The summed E-state index contributed by atoms with van der Waals surface area (Å²) >= 11 is 1.52. The van der Waals surface area contributed by atoms with Crippen LogP contribution < -0.4 is 10.3 Å². The maximum absolute atomic E-state index is 13.9. The molecule has 0 radical (unpaired) electrons. The van der Waals surface area contributed by atoms with Crippen LogP contribution in [0.3, 0.4) is 0 Å². The second kappa shape index (κ2) is 10.1. The van der Waals surface area contributed by atoms with Crippen molar-refractivity contribution in [3.8, 4) is 11.8 Å². The lowest BCUT2D eigenvalue weighted by Crippen LogP contribution is -2.44. The first-order chi connectivity index (χ1) is 18.1. The van der Waals surface area contributed by atoms with Gasteiger partial charge in [-0.1, -0.05) is 0 Å². The molecule has 1 amide bonds. The van der Waals surface area contributed by atoms with E-state index in [-0.39, 0.29) is 23.6 Å². The summed E-state index contributed by atoms with van der Waals surface area (Å²) in [4.78, 5) is 34.5. The molecular weight excluding hydrogens is 496 g/mol. The van der Waals surface area contributed by atoms with Crippen molar-refractivity contribution in [1.82, 2.24) is 14.8 Å². The van der Waals surface area contributed by atoms with Gasteiger partial charge < -0.3 is 19.5 Å². The summed E-state index contributed by atoms with van der Waals surface area (Å²) < 4.78 is 6.75. The summed E-state index contributed by atoms with van der Waals surface area (Å²) in [6.45, 7) is 6.74. The van der Waals surface area contributed by atoms with E-state index in [1.165, 1.54) is 11.8 Å². The Morgan fingerprint density at radius 3 is 2.55 bits per heavy atom. The number of nitriles is 1. The van der Waals surface area contributed by atoms with Crippen molar-refractivity contribution < 1.29 is 9.53 Å². The third-order valence-corrected chi connectivity index (χ3v) is 9.90. The van der Waals surface area contributed by atoms with E-state index in [1.54, 1.807) is 4.90 Å². The van der Waals surface area contributed by atoms with Crippen LogP contribution in [0.15, 0.2) is 15.8 Å². The molecule has 0 bridgehead atoms. The predicted molar refractivity (Wildman–Crippen MR) is 150 cm³/mol. The SMILES string of the molecule is CSc1cc(C)[nH]c(=O)c1CN1CCc2c(C#N)c3c(c(C)c2C1=O)O[C@@](C)(C1CCC(N(C)C)CC1)C3. The second-order valence-electron chi connectivity index (χ2n) is 11.6. The summed E-state index contributed by atoms with van der Waals surface area (Å²) in [5.74, 6) is 1.02. The van der Waals surface area contributed by atoms with Crippen LogP contribution in [0.2, 0.25) is 0 Å². The molecule has 5 rings (SSSR count). The van der Waals surface area contributed by atoms with Gasteiger partial charge in [0.25, 0.3) is 11.5 Å². The van der Waals surface area contributed by atoms with Crippen LogP contribution in [-0.4, -0.2) is 59.2 Å². The topological polar surface area (TPSA) is 89.4 Å². The van der Waals surface area contributed by atoms with Crippen LogP contribution >= 0.6 is 11.8 Å². The molecule has 38 heavy (non-hydrogen) atoms. The molecular formula is C30H38N4O3S. The highest BCUT2D eigenvalue weighted by molar-refractivity contribution is 7.98. The quantitative estimate of drug-likeness (QED) is 0.564. The number of nitrogens with zero attached hydrogens (tertiary/aromatic N) is 3. The number of aryl methyl sites for hydroxylation is 1.